The molecule has 0 spiro atoms. The van der Waals surface area contributed by atoms with E-state index >= 15 is 0 Å². The van der Waals surface area contributed by atoms with Crippen LogP contribution in [0.4, 0.5) is 24.7 Å². The van der Waals surface area contributed by atoms with Gasteiger partial charge in [-0.1, -0.05) is 11.6 Å². The molecule has 0 aromatic carbocycles. The second kappa shape index (κ2) is 10.9. The summed E-state index contributed by atoms with van der Waals surface area (Å²) in [4.78, 5) is 33.0. The monoisotopic (exact) mass is 560 g/mol. The van der Waals surface area contributed by atoms with Crippen molar-refractivity contribution in [1.29, 1.82) is 0 Å². The van der Waals surface area contributed by atoms with Gasteiger partial charge in [0.15, 0.2) is 11.6 Å². The van der Waals surface area contributed by atoms with Crippen molar-refractivity contribution in [3.8, 4) is 5.75 Å². The van der Waals surface area contributed by atoms with E-state index in [9.17, 15) is 22.8 Å². The molecule has 37 heavy (non-hydrogen) atoms. The minimum absolute atomic E-state index is 0.0398. The lowest BCUT2D eigenvalue weighted by Gasteiger charge is -2.49. The Morgan fingerprint density at radius 2 is 2.19 bits per heavy atom. The number of aromatic nitrogens is 3. The number of amides is 1. The molecule has 10 nitrogen and oxygen atoms in total. The number of hydrogen-bond acceptors (Lipinski definition) is 8. The average molecular weight is 561 g/mol. The standard InChI is InChI=1S/C22H28ClF3N6O4Si/c1-13(29-15-10-28-30-20(34)18(15)22(24,25)26)11-35-6-2-17(33)31-4-5-32-19-16(8-14(23)9-27-19)36-7-3-21(32,37)12-31/h8-10,13H,2-7,11-12H2,1,37H3,(H2,29,30,34)/t13-,21+/m0/s1. The molecule has 4 heterocycles. The van der Waals surface area contributed by atoms with Gasteiger partial charge < -0.3 is 24.6 Å². The molecule has 1 fully saturated rings. The number of halogens is 4. The molecule has 0 aliphatic carbocycles. The predicted molar refractivity (Wildman–Crippen MR) is 134 cm³/mol. The van der Waals surface area contributed by atoms with Gasteiger partial charge in [-0.2, -0.15) is 18.3 Å². The number of nitrogens with one attached hydrogen (secondary N) is 2. The summed E-state index contributed by atoms with van der Waals surface area (Å²) in [5, 5.41) is 8.12. The van der Waals surface area contributed by atoms with Crippen molar-refractivity contribution in [3.63, 3.8) is 0 Å². The summed E-state index contributed by atoms with van der Waals surface area (Å²) >= 11 is 6.07. The third kappa shape index (κ3) is 6.18. The van der Waals surface area contributed by atoms with E-state index in [4.69, 9.17) is 21.1 Å². The fourth-order valence-electron chi connectivity index (χ4n) is 4.63. The zero-order valence-corrected chi connectivity index (χ0v) is 23.2. The maximum Gasteiger partial charge on any atom is 0.423 e. The van der Waals surface area contributed by atoms with E-state index in [1.807, 2.05) is 4.90 Å². The molecule has 0 saturated carbocycles. The Labute approximate surface area is 218 Å². The van der Waals surface area contributed by atoms with Gasteiger partial charge in [0.2, 0.25) is 5.91 Å². The second-order valence-electron chi connectivity index (χ2n) is 9.39. The molecule has 0 unspecified atom stereocenters. The third-order valence-corrected chi connectivity index (χ3v) is 8.02. The number of anilines is 2. The number of rotatable bonds is 7. The topological polar surface area (TPSA) is 113 Å². The van der Waals surface area contributed by atoms with E-state index in [0.29, 0.717) is 37.0 Å². The lowest BCUT2D eigenvalue weighted by Crippen LogP contribution is -2.64. The van der Waals surface area contributed by atoms with Crippen LogP contribution in [-0.4, -0.2) is 86.9 Å². The number of nitrogens with zero attached hydrogens (tertiary/aromatic N) is 4. The zero-order valence-electron chi connectivity index (χ0n) is 20.4. The summed E-state index contributed by atoms with van der Waals surface area (Å²) in [6, 6.07) is 1.21. The van der Waals surface area contributed by atoms with Crippen LogP contribution in [0.3, 0.4) is 0 Å². The van der Waals surface area contributed by atoms with Gasteiger partial charge >= 0.3 is 6.18 Å². The first-order valence-corrected chi connectivity index (χ1v) is 13.2. The molecule has 202 valence electrons. The van der Waals surface area contributed by atoms with Crippen LogP contribution in [0.1, 0.15) is 25.3 Å². The van der Waals surface area contributed by atoms with Crippen molar-refractivity contribution in [1.82, 2.24) is 20.1 Å². The van der Waals surface area contributed by atoms with Gasteiger partial charge in [0.25, 0.3) is 5.56 Å². The van der Waals surface area contributed by atoms with E-state index < -0.39 is 29.0 Å². The zero-order chi connectivity index (χ0) is 26.8. The van der Waals surface area contributed by atoms with E-state index in [1.54, 1.807) is 24.3 Å². The van der Waals surface area contributed by atoms with Gasteiger partial charge in [0.05, 0.1) is 43.1 Å². The lowest BCUT2D eigenvalue weighted by atomic mass is 10.1. The average Bonchev–Trinajstić information content (AvgIpc) is 2.95. The summed E-state index contributed by atoms with van der Waals surface area (Å²) in [6.07, 6.45) is -1.42. The lowest BCUT2D eigenvalue weighted by molar-refractivity contribution is -0.138. The van der Waals surface area contributed by atoms with Gasteiger partial charge in [0.1, 0.15) is 5.56 Å². The van der Waals surface area contributed by atoms with E-state index in [1.165, 1.54) is 0 Å². The van der Waals surface area contributed by atoms with Gasteiger partial charge in [-0.15, -0.1) is 0 Å². The fourth-order valence-corrected chi connectivity index (χ4v) is 5.80. The maximum absolute atomic E-state index is 13.2. The van der Waals surface area contributed by atoms with E-state index in [2.05, 4.69) is 20.3 Å². The largest absolute Gasteiger partial charge is 0.490 e. The Hall–Kier alpha value is -2.84. The summed E-state index contributed by atoms with van der Waals surface area (Å²) in [5.74, 6) is 1.35. The van der Waals surface area contributed by atoms with Crippen molar-refractivity contribution < 1.29 is 27.4 Å². The third-order valence-electron chi connectivity index (χ3n) is 6.45. The van der Waals surface area contributed by atoms with Gasteiger partial charge in [0, 0.05) is 59.8 Å². The number of aromatic amines is 1. The Kier molecular flexibility index (Phi) is 7.99. The van der Waals surface area contributed by atoms with E-state index in [0.717, 1.165) is 28.7 Å². The first kappa shape index (κ1) is 27.2. The smallest absolute Gasteiger partial charge is 0.423 e. The molecule has 0 bridgehead atoms. The van der Waals surface area contributed by atoms with Crippen LogP contribution < -0.4 is 20.5 Å². The minimum atomic E-state index is -4.83. The number of alkyl halides is 3. The highest BCUT2D eigenvalue weighted by atomic mass is 35.5. The van der Waals surface area contributed by atoms with Crippen LogP contribution in [0.2, 0.25) is 5.02 Å². The molecular weight excluding hydrogens is 533 g/mol. The second-order valence-corrected chi connectivity index (χ2v) is 11.7. The summed E-state index contributed by atoms with van der Waals surface area (Å²) in [5.41, 5.74) is -3.09. The van der Waals surface area contributed by atoms with Gasteiger partial charge in [-0.25, -0.2) is 10.1 Å². The van der Waals surface area contributed by atoms with Crippen LogP contribution in [0, 0.1) is 0 Å². The number of ether oxygens (including phenoxy) is 2. The summed E-state index contributed by atoms with van der Waals surface area (Å²) in [7, 11) is 0.789. The quantitative estimate of drug-likeness (QED) is 0.384. The Morgan fingerprint density at radius 3 is 2.95 bits per heavy atom. The van der Waals surface area contributed by atoms with E-state index in [-0.39, 0.29) is 30.7 Å². The number of fused-ring (bicyclic) bond motifs is 3. The highest BCUT2D eigenvalue weighted by Gasteiger charge is 2.42. The van der Waals surface area contributed by atoms with Crippen molar-refractivity contribution in [2.75, 3.05) is 49.7 Å². The molecule has 2 aliphatic heterocycles. The van der Waals surface area contributed by atoms with Gasteiger partial charge in [-0.05, 0) is 6.92 Å². The number of piperazine rings is 1. The first-order valence-electron chi connectivity index (χ1n) is 11.8. The highest BCUT2D eigenvalue weighted by Crippen LogP contribution is 2.38. The molecule has 2 N–H and O–H groups in total. The molecule has 2 aliphatic rings. The highest BCUT2D eigenvalue weighted by molar-refractivity contribution is 6.30. The number of hydrogen-bond donors (Lipinski definition) is 2. The molecule has 2 atom stereocenters. The summed E-state index contributed by atoms with van der Waals surface area (Å²) in [6.45, 7) is 3.97. The molecule has 0 radical (unpaired) electrons. The minimum Gasteiger partial charge on any atom is -0.490 e. The van der Waals surface area contributed by atoms with Crippen LogP contribution >= 0.6 is 11.6 Å². The van der Waals surface area contributed by atoms with Crippen molar-refractivity contribution in [3.05, 3.63) is 39.4 Å². The van der Waals surface area contributed by atoms with Crippen LogP contribution in [0.15, 0.2) is 23.3 Å². The van der Waals surface area contributed by atoms with Crippen LogP contribution in [0.5, 0.6) is 5.75 Å². The Balaban J connectivity index is 1.28. The fraction of sp³-hybridized carbons (Fsp3) is 0.545. The molecule has 4 rings (SSSR count). The molecule has 1 amide bonds. The van der Waals surface area contributed by atoms with Crippen molar-refractivity contribution >= 4 is 39.3 Å². The normalized spacial score (nSPS) is 20.5. The number of pyridine rings is 1. The van der Waals surface area contributed by atoms with Crippen LogP contribution in [0.25, 0.3) is 0 Å². The molecule has 1 saturated heterocycles. The Morgan fingerprint density at radius 1 is 1.41 bits per heavy atom. The number of carbonyl (C=O) groups is 1. The van der Waals surface area contributed by atoms with Crippen molar-refractivity contribution in [2.24, 2.45) is 0 Å². The molecule has 2 aromatic heterocycles. The molecular formula is C22H28ClF3N6O4Si. The Bertz CT molecular complexity index is 1200. The van der Waals surface area contributed by atoms with Crippen molar-refractivity contribution in [2.45, 2.75) is 37.1 Å². The van der Waals surface area contributed by atoms with Crippen LogP contribution in [-0.2, 0) is 15.7 Å². The number of H-pyrrole nitrogens is 1. The SMILES string of the molecule is C[C@@H](COCCC(=O)N1CCN2c3ncc(Cl)cc3OCC[C@@]2([SiH3])C1)Nc1cn[nH]c(=O)c1C(F)(F)F. The molecule has 15 heteroatoms. The number of carbonyl (C=O) groups excluding carboxylic acids is 1. The maximum atomic E-state index is 13.2. The predicted octanol–water partition coefficient (Wildman–Crippen LogP) is 1.24. The molecule has 2 aromatic rings. The summed E-state index contributed by atoms with van der Waals surface area (Å²) < 4.78 is 51.0. The first-order chi connectivity index (χ1) is 17.5. The van der Waals surface area contributed by atoms with Gasteiger partial charge in [-0.3, -0.25) is 9.59 Å².